The topological polar surface area (TPSA) is 96.8 Å². The Bertz CT molecular complexity index is 1270. The van der Waals surface area contributed by atoms with Crippen LogP contribution < -0.4 is 0 Å². The number of fused-ring (bicyclic) bond motifs is 1. The molecule has 4 aromatic rings. The van der Waals surface area contributed by atoms with Crippen molar-refractivity contribution >= 4 is 22.6 Å². The fourth-order valence-electron chi connectivity index (χ4n) is 4.39. The van der Waals surface area contributed by atoms with E-state index in [0.29, 0.717) is 24.8 Å². The summed E-state index contributed by atoms with van der Waals surface area (Å²) in [6, 6.07) is 10.2. The lowest BCUT2D eigenvalue weighted by atomic mass is 9.92. The number of aromatic nitrogens is 5. The minimum atomic E-state index is -0.732. The average Bonchev–Trinajstić information content (AvgIpc) is 3.45. The quantitative estimate of drug-likeness (QED) is 0.394. The zero-order valence-electron chi connectivity index (χ0n) is 17.2. The number of pyridine rings is 1. The molecule has 1 saturated heterocycles. The predicted octanol–water partition coefficient (Wildman–Crippen LogP) is 3.26. The second-order valence-electron chi connectivity index (χ2n) is 7.89. The molecule has 0 aliphatic carbocycles. The standard InChI is InChI=1S/C23H21FN6O2/c24-18-14-26-22(30-12-9-27-28-30)20-19(18)17(13-25-20)21(31)23(32)29-10-4-7-16(8-11-29)15-5-2-1-3-6-15/h1-3,5-6,9,12-14,16,25H,4,7-8,10-11H2. The summed E-state index contributed by atoms with van der Waals surface area (Å²) in [6.45, 7) is 0.991. The maximum atomic E-state index is 14.7. The number of Topliss-reactive ketones (excluding diaryl/α,β-unsaturated/α-hetero) is 1. The molecule has 9 heteroatoms. The van der Waals surface area contributed by atoms with E-state index < -0.39 is 17.5 Å². The van der Waals surface area contributed by atoms with Gasteiger partial charge in [0.25, 0.3) is 11.7 Å². The Labute approximate surface area is 183 Å². The number of H-pyrrole nitrogens is 1. The van der Waals surface area contributed by atoms with Crippen LogP contribution in [0.2, 0.25) is 0 Å². The summed E-state index contributed by atoms with van der Waals surface area (Å²) in [5.74, 6) is -1.37. The molecular formula is C23H21FN6O2. The lowest BCUT2D eigenvalue weighted by Gasteiger charge is -2.20. The molecule has 1 aliphatic rings. The lowest BCUT2D eigenvalue weighted by molar-refractivity contribution is -0.126. The van der Waals surface area contributed by atoms with Gasteiger partial charge in [0.15, 0.2) is 11.6 Å². The number of carbonyl (C=O) groups is 2. The Morgan fingerprint density at radius 2 is 1.97 bits per heavy atom. The SMILES string of the molecule is O=C(C(=O)N1CCCC(c2ccccc2)CC1)c1c[nH]c2c(-n3ccnn3)ncc(F)c12. The molecule has 0 bridgehead atoms. The lowest BCUT2D eigenvalue weighted by Crippen LogP contribution is -2.37. The van der Waals surface area contributed by atoms with E-state index in [4.69, 9.17) is 0 Å². The highest BCUT2D eigenvalue weighted by Crippen LogP contribution is 2.29. The van der Waals surface area contributed by atoms with Crippen molar-refractivity contribution in [3.05, 3.63) is 72.1 Å². The van der Waals surface area contributed by atoms with Gasteiger partial charge in [-0.15, -0.1) is 5.10 Å². The predicted molar refractivity (Wildman–Crippen MR) is 115 cm³/mol. The molecule has 4 heterocycles. The van der Waals surface area contributed by atoms with E-state index in [1.165, 1.54) is 22.6 Å². The Balaban J connectivity index is 1.40. The summed E-state index contributed by atoms with van der Waals surface area (Å²) in [4.78, 5) is 34.7. The van der Waals surface area contributed by atoms with Gasteiger partial charge in [0.05, 0.1) is 35.1 Å². The molecule has 0 saturated carbocycles. The van der Waals surface area contributed by atoms with Gasteiger partial charge in [-0.3, -0.25) is 9.59 Å². The van der Waals surface area contributed by atoms with Crippen molar-refractivity contribution in [2.24, 2.45) is 0 Å². The number of ketones is 1. The number of hydrogen-bond acceptors (Lipinski definition) is 5. The number of nitrogens with one attached hydrogen (secondary N) is 1. The molecule has 32 heavy (non-hydrogen) atoms. The molecule has 162 valence electrons. The maximum absolute atomic E-state index is 14.7. The van der Waals surface area contributed by atoms with Crippen LogP contribution in [-0.4, -0.2) is 54.6 Å². The molecule has 1 fully saturated rings. The Morgan fingerprint density at radius 3 is 2.75 bits per heavy atom. The minimum Gasteiger partial charge on any atom is -0.357 e. The molecule has 1 amide bonds. The van der Waals surface area contributed by atoms with Gasteiger partial charge in [-0.2, -0.15) is 0 Å². The van der Waals surface area contributed by atoms with Gasteiger partial charge < -0.3 is 9.88 Å². The number of hydrogen-bond donors (Lipinski definition) is 1. The summed E-state index contributed by atoms with van der Waals surface area (Å²) in [7, 11) is 0. The minimum absolute atomic E-state index is 0.00452. The van der Waals surface area contributed by atoms with Gasteiger partial charge in [-0.1, -0.05) is 35.5 Å². The molecular weight excluding hydrogens is 411 g/mol. The van der Waals surface area contributed by atoms with Crippen molar-refractivity contribution < 1.29 is 14.0 Å². The number of benzene rings is 1. The second-order valence-corrected chi connectivity index (χ2v) is 7.89. The maximum Gasteiger partial charge on any atom is 0.295 e. The monoisotopic (exact) mass is 432 g/mol. The van der Waals surface area contributed by atoms with Crippen LogP contribution in [0.1, 0.15) is 41.1 Å². The zero-order chi connectivity index (χ0) is 22.1. The molecule has 1 aliphatic heterocycles. The fourth-order valence-corrected chi connectivity index (χ4v) is 4.39. The van der Waals surface area contributed by atoms with E-state index in [2.05, 4.69) is 32.4 Å². The Hall–Kier alpha value is -3.88. The molecule has 3 aromatic heterocycles. The van der Waals surface area contributed by atoms with Crippen molar-refractivity contribution in [3.63, 3.8) is 0 Å². The first-order valence-corrected chi connectivity index (χ1v) is 10.5. The van der Waals surface area contributed by atoms with E-state index in [9.17, 15) is 14.0 Å². The summed E-state index contributed by atoms with van der Waals surface area (Å²) < 4.78 is 16.0. The molecule has 8 nitrogen and oxygen atoms in total. The zero-order valence-corrected chi connectivity index (χ0v) is 17.2. The Kier molecular flexibility index (Phi) is 5.22. The first-order valence-electron chi connectivity index (χ1n) is 10.5. The molecule has 0 radical (unpaired) electrons. The van der Waals surface area contributed by atoms with Crippen molar-refractivity contribution in [3.8, 4) is 5.82 Å². The fraction of sp³-hybridized carbons (Fsp3) is 0.261. The summed E-state index contributed by atoms with van der Waals surface area (Å²) >= 11 is 0. The van der Waals surface area contributed by atoms with E-state index in [0.717, 1.165) is 25.5 Å². The Morgan fingerprint density at radius 1 is 1.12 bits per heavy atom. The van der Waals surface area contributed by atoms with Crippen LogP contribution in [0.25, 0.3) is 16.7 Å². The third-order valence-electron chi connectivity index (χ3n) is 6.01. The highest BCUT2D eigenvalue weighted by atomic mass is 19.1. The van der Waals surface area contributed by atoms with Crippen LogP contribution >= 0.6 is 0 Å². The highest BCUT2D eigenvalue weighted by molar-refractivity contribution is 6.45. The van der Waals surface area contributed by atoms with Gasteiger partial charge in [0, 0.05) is 19.3 Å². The summed E-state index contributed by atoms with van der Waals surface area (Å²) in [6.07, 6.45) is 7.96. The van der Waals surface area contributed by atoms with Crippen LogP contribution in [0.5, 0.6) is 0 Å². The molecule has 1 N–H and O–H groups in total. The molecule has 0 spiro atoms. The number of nitrogens with zero attached hydrogens (tertiary/aromatic N) is 5. The number of rotatable bonds is 4. The van der Waals surface area contributed by atoms with Crippen molar-refractivity contribution in [1.29, 1.82) is 0 Å². The smallest absolute Gasteiger partial charge is 0.295 e. The van der Waals surface area contributed by atoms with Crippen LogP contribution in [0.4, 0.5) is 4.39 Å². The molecule has 1 aromatic carbocycles. The van der Waals surface area contributed by atoms with E-state index in [1.54, 1.807) is 11.1 Å². The van der Waals surface area contributed by atoms with Gasteiger partial charge in [0.2, 0.25) is 0 Å². The summed E-state index contributed by atoms with van der Waals surface area (Å²) in [5, 5.41) is 7.64. The van der Waals surface area contributed by atoms with Crippen molar-refractivity contribution in [2.45, 2.75) is 25.2 Å². The number of carbonyl (C=O) groups excluding carboxylic acids is 2. The van der Waals surface area contributed by atoms with Crippen LogP contribution in [0.15, 0.2) is 55.1 Å². The number of likely N-dealkylation sites (tertiary alicyclic amines) is 1. The van der Waals surface area contributed by atoms with E-state index in [-0.39, 0.29) is 16.5 Å². The molecule has 1 atom stereocenters. The number of aromatic amines is 1. The first-order chi connectivity index (χ1) is 15.6. The van der Waals surface area contributed by atoms with Crippen LogP contribution in [-0.2, 0) is 4.79 Å². The largest absolute Gasteiger partial charge is 0.357 e. The number of amides is 1. The van der Waals surface area contributed by atoms with Crippen LogP contribution in [0, 0.1) is 5.82 Å². The van der Waals surface area contributed by atoms with Crippen molar-refractivity contribution in [2.75, 3.05) is 13.1 Å². The second kappa shape index (κ2) is 8.33. The van der Waals surface area contributed by atoms with Gasteiger partial charge in [0.1, 0.15) is 0 Å². The van der Waals surface area contributed by atoms with Crippen LogP contribution in [0.3, 0.4) is 0 Å². The van der Waals surface area contributed by atoms with E-state index >= 15 is 0 Å². The average molecular weight is 432 g/mol. The normalized spacial score (nSPS) is 16.8. The third kappa shape index (κ3) is 3.55. The van der Waals surface area contributed by atoms with E-state index in [1.807, 2.05) is 18.2 Å². The molecule has 1 unspecified atom stereocenters. The third-order valence-corrected chi connectivity index (χ3v) is 6.01. The molecule has 5 rings (SSSR count). The van der Waals surface area contributed by atoms with Crippen molar-refractivity contribution in [1.82, 2.24) is 29.9 Å². The highest BCUT2D eigenvalue weighted by Gasteiger charge is 2.29. The number of halogens is 1. The van der Waals surface area contributed by atoms with Gasteiger partial charge in [-0.25, -0.2) is 14.1 Å². The summed E-state index contributed by atoms with van der Waals surface area (Å²) in [5.41, 5.74) is 1.53. The van der Waals surface area contributed by atoms with Gasteiger partial charge in [-0.05, 0) is 30.7 Å². The first kappa shape index (κ1) is 20.0. The van der Waals surface area contributed by atoms with Gasteiger partial charge >= 0.3 is 0 Å².